The van der Waals surface area contributed by atoms with Crippen molar-refractivity contribution < 1.29 is 19.7 Å². The first-order chi connectivity index (χ1) is 6.71. The molecule has 15 heavy (non-hydrogen) atoms. The van der Waals surface area contributed by atoms with Crippen molar-refractivity contribution in [3.63, 3.8) is 0 Å². The molecule has 2 N–H and O–H groups in total. The van der Waals surface area contributed by atoms with E-state index in [2.05, 4.69) is 0 Å². The molecule has 3 atom stereocenters. The van der Waals surface area contributed by atoms with E-state index in [1.165, 1.54) is 6.92 Å². The molecule has 1 saturated carbocycles. The van der Waals surface area contributed by atoms with Gasteiger partial charge in [0, 0.05) is 13.5 Å². The van der Waals surface area contributed by atoms with E-state index < -0.39 is 17.3 Å². The van der Waals surface area contributed by atoms with Crippen LogP contribution in [-0.4, -0.2) is 40.4 Å². The van der Waals surface area contributed by atoms with Gasteiger partial charge in [0.15, 0.2) is 5.78 Å². The van der Waals surface area contributed by atoms with Gasteiger partial charge in [-0.1, -0.05) is 0 Å². The molecular weight excluding hydrogens is 196 g/mol. The molecule has 0 spiro atoms. The maximum absolute atomic E-state index is 11.6. The Balaban J connectivity index is 2.82. The molecule has 88 valence electrons. The Labute approximate surface area is 90.2 Å². The monoisotopic (exact) mass is 216 g/mol. The molecule has 1 rings (SSSR count). The molecule has 0 aromatic carbocycles. The Hall–Kier alpha value is -0.450. The lowest BCUT2D eigenvalue weighted by atomic mass is 9.71. The van der Waals surface area contributed by atoms with Gasteiger partial charge in [0.05, 0.1) is 11.7 Å². The van der Waals surface area contributed by atoms with Crippen LogP contribution in [0.3, 0.4) is 0 Å². The molecule has 0 bridgehead atoms. The Morgan fingerprint density at radius 1 is 1.53 bits per heavy atom. The lowest BCUT2D eigenvalue weighted by Gasteiger charge is -2.42. The fourth-order valence-electron chi connectivity index (χ4n) is 1.89. The Morgan fingerprint density at radius 2 is 2.07 bits per heavy atom. The largest absolute Gasteiger partial charge is 0.390 e. The van der Waals surface area contributed by atoms with Crippen LogP contribution < -0.4 is 0 Å². The molecule has 0 saturated heterocycles. The van der Waals surface area contributed by atoms with Gasteiger partial charge in [-0.05, 0) is 33.1 Å². The minimum absolute atomic E-state index is 0.0507. The first kappa shape index (κ1) is 12.6. The zero-order valence-electron chi connectivity index (χ0n) is 9.78. The molecule has 1 fully saturated rings. The molecule has 0 aliphatic heterocycles. The predicted octanol–water partition coefficient (Wildman–Crippen LogP) is 0.502. The summed E-state index contributed by atoms with van der Waals surface area (Å²) in [5.41, 5.74) is -2.05. The van der Waals surface area contributed by atoms with Crippen molar-refractivity contribution >= 4 is 5.78 Å². The number of rotatable bonds is 2. The highest BCUT2D eigenvalue weighted by Crippen LogP contribution is 2.36. The number of carbonyl (C=O) groups excluding carboxylic acids is 1. The lowest BCUT2D eigenvalue weighted by molar-refractivity contribution is -0.166. The second-order valence-corrected chi connectivity index (χ2v) is 5.03. The lowest BCUT2D eigenvalue weighted by Crippen LogP contribution is -2.55. The molecule has 0 amide bonds. The SMILES string of the molecule is COC(C)(C)C1CC(=O)[C@](C)(O)[C@H](O)C1. The van der Waals surface area contributed by atoms with E-state index in [4.69, 9.17) is 4.74 Å². The zero-order chi connectivity index (χ0) is 11.9. The number of ether oxygens (including phenoxy) is 1. The summed E-state index contributed by atoms with van der Waals surface area (Å²) in [6.45, 7) is 5.14. The van der Waals surface area contributed by atoms with Crippen molar-refractivity contribution in [3.05, 3.63) is 0 Å². The average molecular weight is 216 g/mol. The Bertz CT molecular complexity index is 257. The van der Waals surface area contributed by atoms with Crippen molar-refractivity contribution in [3.8, 4) is 0 Å². The van der Waals surface area contributed by atoms with E-state index in [1.54, 1.807) is 7.11 Å². The molecule has 0 aromatic rings. The molecular formula is C11H20O4. The van der Waals surface area contributed by atoms with Crippen LogP contribution in [-0.2, 0) is 9.53 Å². The molecule has 4 heteroatoms. The summed E-state index contributed by atoms with van der Waals surface area (Å²) in [7, 11) is 1.59. The van der Waals surface area contributed by atoms with Crippen LogP contribution in [0.4, 0.5) is 0 Å². The summed E-state index contributed by atoms with van der Waals surface area (Å²) in [6.07, 6.45) is -0.358. The number of methoxy groups -OCH3 is 1. The van der Waals surface area contributed by atoms with E-state index in [9.17, 15) is 15.0 Å². The second kappa shape index (κ2) is 3.85. The van der Waals surface area contributed by atoms with Gasteiger partial charge < -0.3 is 14.9 Å². The van der Waals surface area contributed by atoms with Gasteiger partial charge in [-0.15, -0.1) is 0 Å². The van der Waals surface area contributed by atoms with Crippen molar-refractivity contribution in [1.82, 2.24) is 0 Å². The maximum atomic E-state index is 11.6. The molecule has 0 heterocycles. The highest BCUT2D eigenvalue weighted by Gasteiger charge is 2.48. The minimum atomic E-state index is -1.60. The standard InChI is InChI=1S/C11H20O4/c1-10(2,15-4)7-5-8(12)11(3,14)9(13)6-7/h7-8,12,14H,5-6H2,1-4H3/t7?,8-,11-/m1/s1. The third-order valence-corrected chi connectivity index (χ3v) is 3.66. The summed E-state index contributed by atoms with van der Waals surface area (Å²) in [5, 5.41) is 19.4. The summed E-state index contributed by atoms with van der Waals surface area (Å²) in [5.74, 6) is -0.360. The quantitative estimate of drug-likeness (QED) is 0.705. The van der Waals surface area contributed by atoms with Crippen molar-refractivity contribution in [1.29, 1.82) is 0 Å². The van der Waals surface area contributed by atoms with E-state index in [1.807, 2.05) is 13.8 Å². The van der Waals surface area contributed by atoms with Gasteiger partial charge in [0.2, 0.25) is 0 Å². The van der Waals surface area contributed by atoms with Crippen LogP contribution in [0.15, 0.2) is 0 Å². The van der Waals surface area contributed by atoms with E-state index >= 15 is 0 Å². The first-order valence-electron chi connectivity index (χ1n) is 5.20. The van der Waals surface area contributed by atoms with Crippen LogP contribution >= 0.6 is 0 Å². The summed E-state index contributed by atoms with van der Waals surface area (Å²) >= 11 is 0. The topological polar surface area (TPSA) is 66.8 Å². The van der Waals surface area contributed by atoms with Gasteiger partial charge in [-0.3, -0.25) is 4.79 Å². The van der Waals surface area contributed by atoms with Crippen LogP contribution in [0, 0.1) is 5.92 Å². The summed E-state index contributed by atoms with van der Waals surface area (Å²) in [4.78, 5) is 11.6. The molecule has 0 radical (unpaired) electrons. The maximum Gasteiger partial charge on any atom is 0.167 e. The Morgan fingerprint density at radius 3 is 2.47 bits per heavy atom. The molecule has 4 nitrogen and oxygen atoms in total. The normalized spacial score (nSPS) is 38.1. The van der Waals surface area contributed by atoms with Gasteiger partial charge in [-0.25, -0.2) is 0 Å². The van der Waals surface area contributed by atoms with E-state index in [0.717, 1.165) is 0 Å². The first-order valence-corrected chi connectivity index (χ1v) is 5.20. The van der Waals surface area contributed by atoms with E-state index in [0.29, 0.717) is 6.42 Å². The van der Waals surface area contributed by atoms with Gasteiger partial charge in [-0.2, -0.15) is 0 Å². The highest BCUT2D eigenvalue weighted by atomic mass is 16.5. The smallest absolute Gasteiger partial charge is 0.167 e. The van der Waals surface area contributed by atoms with Crippen LogP contribution in [0.5, 0.6) is 0 Å². The predicted molar refractivity (Wildman–Crippen MR) is 55.4 cm³/mol. The number of hydrogen-bond acceptors (Lipinski definition) is 4. The number of Topliss-reactive ketones (excluding diaryl/α,β-unsaturated/α-hetero) is 1. The van der Waals surface area contributed by atoms with Crippen molar-refractivity contribution in [2.45, 2.75) is 50.9 Å². The van der Waals surface area contributed by atoms with Crippen LogP contribution in [0.25, 0.3) is 0 Å². The minimum Gasteiger partial charge on any atom is -0.390 e. The van der Waals surface area contributed by atoms with Gasteiger partial charge >= 0.3 is 0 Å². The summed E-state index contributed by atoms with van der Waals surface area (Å²) < 4.78 is 5.30. The molecule has 1 aliphatic carbocycles. The number of carbonyl (C=O) groups is 1. The fourth-order valence-corrected chi connectivity index (χ4v) is 1.89. The number of ketones is 1. The van der Waals surface area contributed by atoms with Gasteiger partial charge in [0.1, 0.15) is 5.60 Å². The average Bonchev–Trinajstić information content (AvgIpc) is 2.14. The van der Waals surface area contributed by atoms with Crippen LogP contribution in [0.2, 0.25) is 0 Å². The molecule has 0 aromatic heterocycles. The third kappa shape index (κ3) is 2.22. The number of aliphatic hydroxyl groups is 2. The molecule has 1 aliphatic rings. The van der Waals surface area contributed by atoms with Crippen LogP contribution in [0.1, 0.15) is 33.6 Å². The zero-order valence-corrected chi connectivity index (χ0v) is 9.78. The van der Waals surface area contributed by atoms with Gasteiger partial charge in [0.25, 0.3) is 0 Å². The fraction of sp³-hybridized carbons (Fsp3) is 0.909. The second-order valence-electron chi connectivity index (χ2n) is 5.03. The van der Waals surface area contributed by atoms with E-state index in [-0.39, 0.29) is 18.1 Å². The number of aliphatic hydroxyl groups excluding tert-OH is 1. The highest BCUT2D eigenvalue weighted by molar-refractivity contribution is 5.88. The number of hydrogen-bond donors (Lipinski definition) is 2. The third-order valence-electron chi connectivity index (χ3n) is 3.66. The van der Waals surface area contributed by atoms with Crippen molar-refractivity contribution in [2.24, 2.45) is 5.92 Å². The Kier molecular flexibility index (Phi) is 3.24. The molecule has 1 unspecified atom stereocenters. The van der Waals surface area contributed by atoms with Crippen molar-refractivity contribution in [2.75, 3.05) is 7.11 Å². The summed E-state index contributed by atoms with van der Waals surface area (Å²) in [6, 6.07) is 0.